The van der Waals surface area contributed by atoms with Crippen molar-refractivity contribution in [3.8, 4) is 0 Å². The van der Waals surface area contributed by atoms with E-state index in [1.807, 2.05) is 13.8 Å². The topological polar surface area (TPSA) is 27.7 Å². The first-order chi connectivity index (χ1) is 5.74. The molecule has 4 heteroatoms. The van der Waals surface area contributed by atoms with Gasteiger partial charge in [-0.2, -0.15) is 0 Å². The summed E-state index contributed by atoms with van der Waals surface area (Å²) in [5.74, 6) is 0. The first-order valence-electron chi connectivity index (χ1n) is 4.54. The van der Waals surface area contributed by atoms with Gasteiger partial charge in [0, 0.05) is 13.7 Å². The fourth-order valence-electron chi connectivity index (χ4n) is 1.26. The molecule has 2 atom stereocenters. The lowest BCUT2D eigenvalue weighted by Crippen LogP contribution is -2.15. The van der Waals surface area contributed by atoms with Crippen LogP contribution < -0.4 is 0 Å². The van der Waals surface area contributed by atoms with Gasteiger partial charge in [-0.1, -0.05) is 0 Å². The summed E-state index contributed by atoms with van der Waals surface area (Å²) in [4.78, 5) is 0. The van der Waals surface area contributed by atoms with Gasteiger partial charge in [0.05, 0.1) is 12.2 Å². The lowest BCUT2D eigenvalue weighted by molar-refractivity contribution is 0.187. The van der Waals surface area contributed by atoms with Crippen LogP contribution in [0.3, 0.4) is 0 Å². The van der Waals surface area contributed by atoms with Crippen molar-refractivity contribution in [2.45, 2.75) is 38.8 Å². The van der Waals surface area contributed by atoms with E-state index in [0.717, 1.165) is 19.3 Å². The van der Waals surface area contributed by atoms with Crippen molar-refractivity contribution in [1.82, 2.24) is 0 Å². The Labute approximate surface area is 74.5 Å². The molecule has 0 unspecified atom stereocenters. The van der Waals surface area contributed by atoms with Crippen LogP contribution in [-0.4, -0.2) is 33.0 Å². The van der Waals surface area contributed by atoms with Crippen LogP contribution in [0.25, 0.3) is 0 Å². The molecular formula is C8H17BO3. The van der Waals surface area contributed by atoms with E-state index >= 15 is 0 Å². The van der Waals surface area contributed by atoms with Crippen molar-refractivity contribution in [3.05, 3.63) is 0 Å². The highest BCUT2D eigenvalue weighted by atomic mass is 16.7. The molecule has 0 aliphatic carbocycles. The van der Waals surface area contributed by atoms with E-state index < -0.39 is 0 Å². The van der Waals surface area contributed by atoms with E-state index in [1.165, 1.54) is 0 Å². The van der Waals surface area contributed by atoms with Gasteiger partial charge < -0.3 is 14.0 Å². The van der Waals surface area contributed by atoms with Gasteiger partial charge in [0.2, 0.25) is 0 Å². The molecule has 0 spiro atoms. The lowest BCUT2D eigenvalue weighted by atomic mass is 9.83. The van der Waals surface area contributed by atoms with E-state index in [9.17, 15) is 0 Å². The van der Waals surface area contributed by atoms with Crippen molar-refractivity contribution < 1.29 is 14.0 Å². The first-order valence-corrected chi connectivity index (χ1v) is 4.54. The van der Waals surface area contributed by atoms with Crippen molar-refractivity contribution in [3.63, 3.8) is 0 Å². The molecule has 0 bridgehead atoms. The molecule has 0 aromatic rings. The standard InChI is InChI=1S/C8H17BO3/c1-7-8(2)12-9(11-7)5-4-6-10-3/h7-8H,4-6H2,1-3H3/t7-,8-/m1/s1. The molecule has 0 amide bonds. The molecule has 0 aromatic heterocycles. The predicted molar refractivity (Wildman–Crippen MR) is 48.1 cm³/mol. The highest BCUT2D eigenvalue weighted by Gasteiger charge is 2.33. The third kappa shape index (κ3) is 2.77. The zero-order chi connectivity index (χ0) is 8.97. The second-order valence-electron chi connectivity index (χ2n) is 3.25. The summed E-state index contributed by atoms with van der Waals surface area (Å²) in [6.07, 6.45) is 2.40. The Morgan fingerprint density at radius 3 is 2.33 bits per heavy atom. The number of rotatable bonds is 4. The summed E-state index contributed by atoms with van der Waals surface area (Å²) < 4.78 is 16.0. The second kappa shape index (κ2) is 4.85. The Hall–Kier alpha value is -0.0551. The van der Waals surface area contributed by atoms with Gasteiger partial charge >= 0.3 is 7.12 Å². The van der Waals surface area contributed by atoms with Gasteiger partial charge in [0.1, 0.15) is 0 Å². The molecule has 1 fully saturated rings. The highest BCUT2D eigenvalue weighted by molar-refractivity contribution is 6.45. The molecule has 0 saturated carbocycles. The quantitative estimate of drug-likeness (QED) is 0.473. The van der Waals surface area contributed by atoms with E-state index in [2.05, 4.69) is 0 Å². The van der Waals surface area contributed by atoms with Gasteiger partial charge in [-0.3, -0.25) is 0 Å². The minimum absolute atomic E-state index is 0.00912. The Morgan fingerprint density at radius 2 is 1.83 bits per heavy atom. The molecule has 1 aliphatic rings. The van der Waals surface area contributed by atoms with Crippen LogP contribution in [0.5, 0.6) is 0 Å². The lowest BCUT2D eigenvalue weighted by Gasteiger charge is -2.04. The average Bonchev–Trinajstić information content (AvgIpc) is 2.32. The number of hydrogen-bond acceptors (Lipinski definition) is 3. The van der Waals surface area contributed by atoms with Crippen molar-refractivity contribution in [2.24, 2.45) is 0 Å². The van der Waals surface area contributed by atoms with Crippen LogP contribution in [-0.2, 0) is 14.0 Å². The maximum absolute atomic E-state index is 5.54. The molecule has 0 radical (unpaired) electrons. The third-order valence-corrected chi connectivity index (χ3v) is 2.18. The van der Waals surface area contributed by atoms with Gasteiger partial charge in [-0.25, -0.2) is 0 Å². The van der Waals surface area contributed by atoms with Crippen LogP contribution >= 0.6 is 0 Å². The van der Waals surface area contributed by atoms with E-state index in [4.69, 9.17) is 14.0 Å². The van der Waals surface area contributed by atoms with E-state index in [-0.39, 0.29) is 19.3 Å². The summed E-state index contributed by atoms with van der Waals surface area (Å²) in [5.41, 5.74) is 0. The molecule has 1 aliphatic heterocycles. The van der Waals surface area contributed by atoms with Crippen LogP contribution in [0.2, 0.25) is 6.32 Å². The number of methoxy groups -OCH3 is 1. The maximum Gasteiger partial charge on any atom is 0.457 e. The Morgan fingerprint density at radius 1 is 1.25 bits per heavy atom. The molecule has 3 nitrogen and oxygen atoms in total. The third-order valence-electron chi connectivity index (χ3n) is 2.18. The van der Waals surface area contributed by atoms with Crippen molar-refractivity contribution in [2.75, 3.05) is 13.7 Å². The zero-order valence-corrected chi connectivity index (χ0v) is 8.08. The van der Waals surface area contributed by atoms with E-state index in [0.29, 0.717) is 0 Å². The highest BCUT2D eigenvalue weighted by Crippen LogP contribution is 2.18. The minimum atomic E-state index is -0.00912. The molecule has 1 saturated heterocycles. The summed E-state index contributed by atoms with van der Waals surface area (Å²) >= 11 is 0. The summed E-state index contributed by atoms with van der Waals surface area (Å²) in [6.45, 7) is 4.87. The Kier molecular flexibility index (Phi) is 4.05. The summed E-state index contributed by atoms with van der Waals surface area (Å²) in [6, 6.07) is 0. The van der Waals surface area contributed by atoms with Crippen LogP contribution in [0.15, 0.2) is 0 Å². The molecule has 12 heavy (non-hydrogen) atoms. The zero-order valence-electron chi connectivity index (χ0n) is 8.08. The summed E-state index contributed by atoms with van der Waals surface area (Å²) in [7, 11) is 1.70. The van der Waals surface area contributed by atoms with E-state index in [1.54, 1.807) is 7.11 Å². The smallest absolute Gasteiger partial charge is 0.406 e. The largest absolute Gasteiger partial charge is 0.457 e. The number of hydrogen-bond donors (Lipinski definition) is 0. The van der Waals surface area contributed by atoms with Gasteiger partial charge in [0.25, 0.3) is 0 Å². The maximum atomic E-state index is 5.54. The monoisotopic (exact) mass is 172 g/mol. The van der Waals surface area contributed by atoms with Crippen LogP contribution in [0, 0.1) is 0 Å². The molecule has 1 rings (SSSR count). The molecule has 0 N–H and O–H groups in total. The molecular weight excluding hydrogens is 155 g/mol. The first kappa shape index (κ1) is 10.0. The fraction of sp³-hybridized carbons (Fsp3) is 1.00. The van der Waals surface area contributed by atoms with Gasteiger partial charge in [-0.05, 0) is 26.6 Å². The normalized spacial score (nSPS) is 29.8. The average molecular weight is 172 g/mol. The van der Waals surface area contributed by atoms with Crippen molar-refractivity contribution in [1.29, 1.82) is 0 Å². The van der Waals surface area contributed by atoms with Crippen LogP contribution in [0.4, 0.5) is 0 Å². The van der Waals surface area contributed by atoms with Crippen molar-refractivity contribution >= 4 is 7.12 Å². The van der Waals surface area contributed by atoms with Gasteiger partial charge in [0.15, 0.2) is 0 Å². The molecule has 70 valence electrons. The predicted octanol–water partition coefficient (Wildman–Crippen LogP) is 1.33. The molecule has 1 heterocycles. The minimum Gasteiger partial charge on any atom is -0.406 e. The fourth-order valence-corrected chi connectivity index (χ4v) is 1.26. The second-order valence-corrected chi connectivity index (χ2v) is 3.25. The SMILES string of the molecule is COCCCB1O[C@H](C)[C@@H](C)O1. The Balaban J connectivity index is 2.10. The van der Waals surface area contributed by atoms with Crippen LogP contribution in [0.1, 0.15) is 20.3 Å². The van der Waals surface area contributed by atoms with Gasteiger partial charge in [-0.15, -0.1) is 0 Å². The summed E-state index contributed by atoms with van der Waals surface area (Å²) in [5, 5.41) is 0. The molecule has 0 aromatic carbocycles. The Bertz CT molecular complexity index is 121. The number of ether oxygens (including phenoxy) is 1.